The van der Waals surface area contributed by atoms with Crippen LogP contribution in [-0.2, 0) is 25.6 Å². The zero-order valence-electron chi connectivity index (χ0n) is 20.8. The number of carbonyl (C=O) groups excluding carboxylic acids is 3. The van der Waals surface area contributed by atoms with Gasteiger partial charge < -0.3 is 48.5 Å². The van der Waals surface area contributed by atoms with E-state index in [4.69, 9.17) is 17.2 Å². The standard InChI is InChI=1S/C23H37N7O7/c1-12(31)17(29-19(33)15(24)9-6-10-27-23(25)26)21(35)28-16(11-14-7-4-3-5-8-14)20(34)30-18(13(2)32)22(36)37/h3-5,7-8,12-13,15-18,31-32H,6,9-11,24H2,1-2H3,(H,28,35)(H,29,33)(H,30,34)(H,36,37)(H4,25,26,27). The Bertz CT molecular complexity index is 937. The van der Waals surface area contributed by atoms with Gasteiger partial charge in [0.05, 0.1) is 18.2 Å². The Labute approximate surface area is 214 Å². The van der Waals surface area contributed by atoms with E-state index < -0.39 is 60.1 Å². The van der Waals surface area contributed by atoms with Crippen molar-refractivity contribution in [1.82, 2.24) is 16.0 Å². The molecule has 0 radical (unpaired) electrons. The zero-order valence-corrected chi connectivity index (χ0v) is 20.8. The average Bonchev–Trinajstić information content (AvgIpc) is 2.82. The van der Waals surface area contributed by atoms with Crippen molar-refractivity contribution in [2.75, 3.05) is 6.54 Å². The van der Waals surface area contributed by atoms with Gasteiger partial charge in [-0.3, -0.25) is 19.4 Å². The number of aliphatic hydroxyl groups is 2. The zero-order chi connectivity index (χ0) is 28.1. The number of benzene rings is 1. The molecular weight excluding hydrogens is 486 g/mol. The summed E-state index contributed by atoms with van der Waals surface area (Å²) in [5, 5.41) is 36.2. The van der Waals surface area contributed by atoms with E-state index in [-0.39, 0.29) is 25.3 Å². The predicted octanol–water partition coefficient (Wildman–Crippen LogP) is -3.09. The summed E-state index contributed by atoms with van der Waals surface area (Å²) in [6.45, 7) is 2.72. The number of carboxylic acid groups (broad SMARTS) is 1. The number of carboxylic acids is 1. The van der Waals surface area contributed by atoms with Gasteiger partial charge in [-0.2, -0.15) is 0 Å². The molecule has 1 aromatic rings. The lowest BCUT2D eigenvalue weighted by Gasteiger charge is -2.27. The van der Waals surface area contributed by atoms with Gasteiger partial charge in [-0.25, -0.2) is 4.79 Å². The molecule has 0 bridgehead atoms. The van der Waals surface area contributed by atoms with Gasteiger partial charge in [0.1, 0.15) is 12.1 Å². The normalized spacial score (nSPS) is 15.7. The van der Waals surface area contributed by atoms with Crippen molar-refractivity contribution in [3.63, 3.8) is 0 Å². The number of guanidine groups is 1. The van der Waals surface area contributed by atoms with Crippen molar-refractivity contribution in [2.45, 2.75) is 69.5 Å². The molecule has 1 aromatic carbocycles. The summed E-state index contributed by atoms with van der Waals surface area (Å²) >= 11 is 0. The highest BCUT2D eigenvalue weighted by Gasteiger charge is 2.33. The Kier molecular flexibility index (Phi) is 13.0. The summed E-state index contributed by atoms with van der Waals surface area (Å²) < 4.78 is 0. The molecule has 0 spiro atoms. The van der Waals surface area contributed by atoms with Gasteiger partial charge in [0, 0.05) is 13.0 Å². The number of carbonyl (C=O) groups is 4. The molecular formula is C23H37N7O7. The Morgan fingerprint density at radius 3 is 1.97 bits per heavy atom. The summed E-state index contributed by atoms with van der Waals surface area (Å²) in [5.41, 5.74) is 17.0. The first-order valence-electron chi connectivity index (χ1n) is 11.7. The highest BCUT2D eigenvalue weighted by molar-refractivity contribution is 5.94. The van der Waals surface area contributed by atoms with Crippen LogP contribution in [0.3, 0.4) is 0 Å². The van der Waals surface area contributed by atoms with Crippen LogP contribution in [0.2, 0.25) is 0 Å². The minimum atomic E-state index is -1.62. The largest absolute Gasteiger partial charge is 0.480 e. The van der Waals surface area contributed by atoms with Gasteiger partial charge in [0.25, 0.3) is 0 Å². The number of amides is 3. The number of aliphatic carboxylic acids is 1. The van der Waals surface area contributed by atoms with E-state index in [1.807, 2.05) is 0 Å². The predicted molar refractivity (Wildman–Crippen MR) is 135 cm³/mol. The minimum absolute atomic E-state index is 0.0324. The lowest BCUT2D eigenvalue weighted by molar-refractivity contribution is -0.145. The summed E-state index contributed by atoms with van der Waals surface area (Å²) in [7, 11) is 0. The molecule has 14 nitrogen and oxygen atoms in total. The van der Waals surface area contributed by atoms with E-state index in [0.717, 1.165) is 0 Å². The number of aliphatic hydroxyl groups excluding tert-OH is 2. The fourth-order valence-electron chi connectivity index (χ4n) is 3.28. The van der Waals surface area contributed by atoms with Crippen molar-refractivity contribution >= 4 is 29.7 Å². The van der Waals surface area contributed by atoms with E-state index in [1.165, 1.54) is 13.8 Å². The summed E-state index contributed by atoms with van der Waals surface area (Å²) in [5.74, 6) is -4.04. The van der Waals surface area contributed by atoms with Gasteiger partial charge in [0.15, 0.2) is 12.0 Å². The van der Waals surface area contributed by atoms with Gasteiger partial charge in [-0.15, -0.1) is 0 Å². The third-order valence-corrected chi connectivity index (χ3v) is 5.33. The van der Waals surface area contributed by atoms with Crippen LogP contribution >= 0.6 is 0 Å². The molecule has 0 heterocycles. The second-order valence-electron chi connectivity index (χ2n) is 8.60. The van der Waals surface area contributed by atoms with Gasteiger partial charge in [-0.05, 0) is 32.3 Å². The number of aliphatic imine (C=N–C) groups is 1. The van der Waals surface area contributed by atoms with Crippen LogP contribution in [0.4, 0.5) is 0 Å². The molecule has 0 saturated heterocycles. The van der Waals surface area contributed by atoms with E-state index in [2.05, 4.69) is 20.9 Å². The molecule has 37 heavy (non-hydrogen) atoms. The molecule has 0 saturated carbocycles. The van der Waals surface area contributed by atoms with Crippen LogP contribution < -0.4 is 33.2 Å². The van der Waals surface area contributed by atoms with Gasteiger partial charge >= 0.3 is 5.97 Å². The lowest BCUT2D eigenvalue weighted by atomic mass is 10.0. The number of nitrogens with zero attached hydrogens (tertiary/aromatic N) is 1. The molecule has 6 atom stereocenters. The third-order valence-electron chi connectivity index (χ3n) is 5.33. The first-order chi connectivity index (χ1) is 17.3. The Hall–Kier alpha value is -3.75. The molecule has 0 aliphatic carbocycles. The quantitative estimate of drug-likeness (QED) is 0.0636. The number of hydrogen-bond donors (Lipinski definition) is 9. The number of nitrogens with one attached hydrogen (secondary N) is 3. The van der Waals surface area contributed by atoms with Crippen LogP contribution in [0.25, 0.3) is 0 Å². The molecule has 0 aliphatic heterocycles. The Balaban J connectivity index is 2.99. The summed E-state index contributed by atoms with van der Waals surface area (Å²) in [6.07, 6.45) is -2.21. The van der Waals surface area contributed by atoms with Crippen molar-refractivity contribution in [3.05, 3.63) is 35.9 Å². The topological polar surface area (TPSA) is 255 Å². The molecule has 6 unspecified atom stereocenters. The minimum Gasteiger partial charge on any atom is -0.480 e. The highest BCUT2D eigenvalue weighted by atomic mass is 16.4. The molecule has 12 N–H and O–H groups in total. The SMILES string of the molecule is CC(O)C(NC(=O)C(Cc1ccccc1)NC(=O)C(NC(=O)C(N)CCCN=C(N)N)C(C)O)C(=O)O. The number of rotatable bonds is 15. The van der Waals surface area contributed by atoms with Crippen LogP contribution in [0, 0.1) is 0 Å². The molecule has 3 amide bonds. The second-order valence-corrected chi connectivity index (χ2v) is 8.60. The first-order valence-corrected chi connectivity index (χ1v) is 11.7. The maximum Gasteiger partial charge on any atom is 0.328 e. The fourth-order valence-corrected chi connectivity index (χ4v) is 3.28. The molecule has 0 aromatic heterocycles. The van der Waals surface area contributed by atoms with Crippen LogP contribution in [0.5, 0.6) is 0 Å². The Morgan fingerprint density at radius 1 is 0.892 bits per heavy atom. The van der Waals surface area contributed by atoms with Crippen molar-refractivity contribution in [2.24, 2.45) is 22.2 Å². The maximum absolute atomic E-state index is 13.0. The average molecular weight is 524 g/mol. The van der Waals surface area contributed by atoms with Crippen LogP contribution in [0.15, 0.2) is 35.3 Å². The van der Waals surface area contributed by atoms with E-state index in [0.29, 0.717) is 12.0 Å². The maximum atomic E-state index is 13.0. The first kappa shape index (κ1) is 31.3. The monoisotopic (exact) mass is 523 g/mol. The number of hydrogen-bond acceptors (Lipinski definition) is 8. The van der Waals surface area contributed by atoms with Gasteiger partial charge in [0.2, 0.25) is 17.7 Å². The molecule has 206 valence electrons. The number of nitrogens with two attached hydrogens (primary N) is 3. The highest BCUT2D eigenvalue weighted by Crippen LogP contribution is 2.07. The molecule has 0 aliphatic rings. The molecule has 0 fully saturated rings. The fraction of sp³-hybridized carbons (Fsp3) is 0.522. The second kappa shape index (κ2) is 15.4. The van der Waals surface area contributed by atoms with E-state index in [1.54, 1.807) is 30.3 Å². The van der Waals surface area contributed by atoms with Crippen LogP contribution in [0.1, 0.15) is 32.3 Å². The van der Waals surface area contributed by atoms with Gasteiger partial charge in [-0.1, -0.05) is 30.3 Å². The van der Waals surface area contributed by atoms with E-state index >= 15 is 0 Å². The summed E-state index contributed by atoms with van der Waals surface area (Å²) in [4.78, 5) is 53.7. The van der Waals surface area contributed by atoms with Crippen molar-refractivity contribution < 1.29 is 34.5 Å². The molecule has 1 rings (SSSR count). The van der Waals surface area contributed by atoms with Crippen LogP contribution in [-0.4, -0.2) is 87.9 Å². The lowest BCUT2D eigenvalue weighted by Crippen LogP contribution is -2.60. The van der Waals surface area contributed by atoms with Crippen molar-refractivity contribution in [1.29, 1.82) is 0 Å². The van der Waals surface area contributed by atoms with E-state index in [9.17, 15) is 34.5 Å². The third kappa shape index (κ3) is 11.2. The smallest absolute Gasteiger partial charge is 0.328 e. The Morgan fingerprint density at radius 2 is 1.46 bits per heavy atom. The molecule has 14 heteroatoms. The summed E-state index contributed by atoms with van der Waals surface area (Å²) in [6, 6.07) is 3.20. The van der Waals surface area contributed by atoms with Crippen molar-refractivity contribution in [3.8, 4) is 0 Å².